The summed E-state index contributed by atoms with van der Waals surface area (Å²) in [5, 5.41) is 0. The van der Waals surface area contributed by atoms with Gasteiger partial charge in [0.2, 0.25) is 5.88 Å². The number of benzene rings is 1. The van der Waals surface area contributed by atoms with Crippen molar-refractivity contribution in [3.8, 4) is 5.88 Å². The second-order valence-corrected chi connectivity index (χ2v) is 5.29. The molecule has 0 aliphatic carbocycles. The quantitative estimate of drug-likeness (QED) is 0.724. The van der Waals surface area contributed by atoms with Gasteiger partial charge >= 0.3 is 0 Å². The van der Waals surface area contributed by atoms with E-state index in [1.54, 1.807) is 11.3 Å². The van der Waals surface area contributed by atoms with Crippen LogP contribution in [0.1, 0.15) is 16.8 Å². The van der Waals surface area contributed by atoms with Crippen molar-refractivity contribution in [1.29, 1.82) is 0 Å². The van der Waals surface area contributed by atoms with Crippen LogP contribution in [-0.2, 0) is 6.61 Å². The third kappa shape index (κ3) is 2.31. The Labute approximate surface area is 115 Å². The van der Waals surface area contributed by atoms with Crippen LogP contribution < -0.4 is 4.74 Å². The molecule has 3 nitrogen and oxygen atoms in total. The van der Waals surface area contributed by atoms with Crippen LogP contribution >= 0.6 is 11.3 Å². The molecule has 1 aromatic carbocycles. The number of ether oxygens (including phenoxy) is 1. The van der Waals surface area contributed by atoms with Gasteiger partial charge in [0.1, 0.15) is 6.61 Å². The maximum atomic E-state index is 5.83. The number of pyridine rings is 1. The Morgan fingerprint density at radius 2 is 1.95 bits per heavy atom. The number of rotatable bonds is 3. The highest BCUT2D eigenvalue weighted by Crippen LogP contribution is 2.29. The van der Waals surface area contributed by atoms with Crippen molar-refractivity contribution in [3.63, 3.8) is 0 Å². The molecule has 0 saturated heterocycles. The SMILES string of the molecule is Cc1c(OCc2ccccc2)nc(C)c2scnc12. The van der Waals surface area contributed by atoms with Gasteiger partial charge in [0, 0.05) is 5.56 Å². The highest BCUT2D eigenvalue weighted by molar-refractivity contribution is 7.16. The first-order valence-electron chi connectivity index (χ1n) is 6.13. The fourth-order valence-corrected chi connectivity index (χ4v) is 2.82. The number of aryl methyl sites for hydroxylation is 2. The van der Waals surface area contributed by atoms with Gasteiger partial charge in [0.15, 0.2) is 0 Å². The van der Waals surface area contributed by atoms with E-state index < -0.39 is 0 Å². The molecule has 0 fully saturated rings. The zero-order valence-corrected chi connectivity index (χ0v) is 11.7. The first-order chi connectivity index (χ1) is 9.25. The summed E-state index contributed by atoms with van der Waals surface area (Å²) in [6, 6.07) is 10.1. The zero-order valence-electron chi connectivity index (χ0n) is 10.9. The average molecular weight is 270 g/mol. The minimum absolute atomic E-state index is 0.532. The molecule has 0 saturated carbocycles. The Bertz CT molecular complexity index is 707. The summed E-state index contributed by atoms with van der Waals surface area (Å²) < 4.78 is 6.98. The van der Waals surface area contributed by atoms with Gasteiger partial charge in [-0.25, -0.2) is 9.97 Å². The molecule has 3 aromatic rings. The molecule has 3 rings (SSSR count). The van der Waals surface area contributed by atoms with Crippen LogP contribution in [0.3, 0.4) is 0 Å². The summed E-state index contributed by atoms with van der Waals surface area (Å²) in [4.78, 5) is 8.93. The molecule has 96 valence electrons. The van der Waals surface area contributed by atoms with Crippen molar-refractivity contribution in [3.05, 3.63) is 52.7 Å². The maximum absolute atomic E-state index is 5.83. The Kier molecular flexibility index (Phi) is 3.17. The van der Waals surface area contributed by atoms with Gasteiger partial charge < -0.3 is 4.74 Å². The summed E-state index contributed by atoms with van der Waals surface area (Å²) in [6.45, 7) is 4.54. The lowest BCUT2D eigenvalue weighted by Gasteiger charge is -2.09. The molecule has 19 heavy (non-hydrogen) atoms. The Hall–Kier alpha value is -1.94. The van der Waals surface area contributed by atoms with Gasteiger partial charge in [-0.3, -0.25) is 0 Å². The second kappa shape index (κ2) is 4.97. The summed E-state index contributed by atoms with van der Waals surface area (Å²) in [7, 11) is 0. The van der Waals surface area contributed by atoms with E-state index in [0.29, 0.717) is 12.5 Å². The van der Waals surface area contributed by atoms with Crippen molar-refractivity contribution in [2.75, 3.05) is 0 Å². The van der Waals surface area contributed by atoms with Crippen LogP contribution in [0.15, 0.2) is 35.8 Å². The first-order valence-corrected chi connectivity index (χ1v) is 7.01. The largest absolute Gasteiger partial charge is 0.473 e. The highest BCUT2D eigenvalue weighted by atomic mass is 32.1. The normalized spacial score (nSPS) is 10.8. The molecular formula is C15H14N2OS. The van der Waals surface area contributed by atoms with Gasteiger partial charge in [-0.2, -0.15) is 0 Å². The summed E-state index contributed by atoms with van der Waals surface area (Å²) in [5.41, 5.74) is 5.98. The fourth-order valence-electron chi connectivity index (χ4n) is 2.02. The van der Waals surface area contributed by atoms with Gasteiger partial charge in [-0.1, -0.05) is 30.3 Å². The van der Waals surface area contributed by atoms with Gasteiger partial charge in [-0.05, 0) is 19.4 Å². The van der Waals surface area contributed by atoms with E-state index in [1.807, 2.05) is 49.7 Å². The molecule has 0 radical (unpaired) electrons. The van der Waals surface area contributed by atoms with Gasteiger partial charge in [0.25, 0.3) is 0 Å². The number of fused-ring (bicyclic) bond motifs is 1. The predicted octanol–water partition coefficient (Wildman–Crippen LogP) is 3.89. The molecule has 0 aliphatic rings. The van der Waals surface area contributed by atoms with Crippen LogP contribution in [-0.4, -0.2) is 9.97 Å². The van der Waals surface area contributed by atoms with Crippen molar-refractivity contribution < 1.29 is 4.74 Å². The molecule has 2 heterocycles. The van der Waals surface area contributed by atoms with Crippen molar-refractivity contribution in [2.45, 2.75) is 20.5 Å². The molecule has 0 amide bonds. The number of nitrogens with zero attached hydrogens (tertiary/aromatic N) is 2. The smallest absolute Gasteiger partial charge is 0.219 e. The van der Waals surface area contributed by atoms with E-state index in [1.165, 1.54) is 0 Å². The number of hydrogen-bond acceptors (Lipinski definition) is 4. The Morgan fingerprint density at radius 3 is 2.74 bits per heavy atom. The molecule has 0 N–H and O–H groups in total. The van der Waals surface area contributed by atoms with E-state index in [2.05, 4.69) is 9.97 Å². The predicted molar refractivity (Wildman–Crippen MR) is 77.7 cm³/mol. The lowest BCUT2D eigenvalue weighted by Crippen LogP contribution is -2.00. The van der Waals surface area contributed by atoms with Crippen LogP contribution in [0, 0.1) is 13.8 Å². The number of thiazole rings is 1. The third-order valence-electron chi connectivity index (χ3n) is 3.06. The Morgan fingerprint density at radius 1 is 1.16 bits per heavy atom. The Balaban J connectivity index is 1.91. The van der Waals surface area contributed by atoms with E-state index >= 15 is 0 Å². The summed E-state index contributed by atoms with van der Waals surface area (Å²) in [5.74, 6) is 0.680. The molecule has 2 aromatic heterocycles. The summed E-state index contributed by atoms with van der Waals surface area (Å²) in [6.07, 6.45) is 0. The van der Waals surface area contributed by atoms with Crippen molar-refractivity contribution in [1.82, 2.24) is 9.97 Å². The minimum atomic E-state index is 0.532. The fraction of sp³-hybridized carbons (Fsp3) is 0.200. The molecule has 4 heteroatoms. The van der Waals surface area contributed by atoms with E-state index in [-0.39, 0.29) is 0 Å². The van der Waals surface area contributed by atoms with Crippen LogP contribution in [0.25, 0.3) is 10.2 Å². The highest BCUT2D eigenvalue weighted by Gasteiger charge is 2.11. The van der Waals surface area contributed by atoms with E-state index in [0.717, 1.165) is 27.0 Å². The van der Waals surface area contributed by atoms with E-state index in [9.17, 15) is 0 Å². The van der Waals surface area contributed by atoms with Crippen molar-refractivity contribution >= 4 is 21.6 Å². The standard InChI is InChI=1S/C15H14N2OS/c1-10-13-14(19-9-16-13)11(2)17-15(10)18-8-12-6-4-3-5-7-12/h3-7,9H,8H2,1-2H3. The molecule has 0 unspecified atom stereocenters. The molecule has 0 atom stereocenters. The van der Waals surface area contributed by atoms with Crippen molar-refractivity contribution in [2.24, 2.45) is 0 Å². The van der Waals surface area contributed by atoms with Crippen LogP contribution in [0.5, 0.6) is 5.88 Å². The molecule has 0 spiro atoms. The third-order valence-corrected chi connectivity index (χ3v) is 3.99. The second-order valence-electron chi connectivity index (χ2n) is 4.43. The van der Waals surface area contributed by atoms with Gasteiger partial charge in [0.05, 0.1) is 21.4 Å². The number of hydrogen-bond donors (Lipinski definition) is 0. The molecular weight excluding hydrogens is 256 g/mol. The average Bonchev–Trinajstić information content (AvgIpc) is 2.92. The summed E-state index contributed by atoms with van der Waals surface area (Å²) >= 11 is 1.62. The number of aromatic nitrogens is 2. The lowest BCUT2D eigenvalue weighted by molar-refractivity contribution is 0.292. The lowest BCUT2D eigenvalue weighted by atomic mass is 10.2. The zero-order chi connectivity index (χ0) is 13.2. The minimum Gasteiger partial charge on any atom is -0.473 e. The monoisotopic (exact) mass is 270 g/mol. The molecule has 0 bridgehead atoms. The van der Waals surface area contributed by atoms with Crippen LogP contribution in [0.2, 0.25) is 0 Å². The van der Waals surface area contributed by atoms with E-state index in [4.69, 9.17) is 4.74 Å². The topological polar surface area (TPSA) is 35.0 Å². The first kappa shape index (κ1) is 12.1. The molecule has 0 aliphatic heterocycles. The maximum Gasteiger partial charge on any atom is 0.219 e. The van der Waals surface area contributed by atoms with Crippen LogP contribution in [0.4, 0.5) is 0 Å². The van der Waals surface area contributed by atoms with Gasteiger partial charge in [-0.15, -0.1) is 11.3 Å².